The van der Waals surface area contributed by atoms with Crippen molar-refractivity contribution >= 4 is 26.6 Å². The van der Waals surface area contributed by atoms with Crippen molar-refractivity contribution in [2.75, 3.05) is 12.3 Å². The van der Waals surface area contributed by atoms with E-state index in [2.05, 4.69) is 9.71 Å². The number of nitrogen functional groups attached to an aromatic ring is 1. The molecular weight excluding hydrogens is 250 g/mol. The minimum absolute atomic E-state index is 0.290. The van der Waals surface area contributed by atoms with Crippen LogP contribution in [-0.4, -0.2) is 19.9 Å². The number of sulfonamides is 1. The number of nitrogens with two attached hydrogens (primary N) is 1. The van der Waals surface area contributed by atoms with Gasteiger partial charge in [-0.15, -0.1) is 0 Å². The summed E-state index contributed by atoms with van der Waals surface area (Å²) >= 11 is 0. The highest BCUT2D eigenvalue weighted by Gasteiger charge is 2.25. The lowest BCUT2D eigenvalue weighted by Gasteiger charge is -2.04. The van der Waals surface area contributed by atoms with Crippen molar-refractivity contribution in [3.8, 4) is 0 Å². The molecule has 18 heavy (non-hydrogen) atoms. The van der Waals surface area contributed by atoms with E-state index in [0.29, 0.717) is 23.5 Å². The normalized spacial score (nSPS) is 16.2. The van der Waals surface area contributed by atoms with E-state index < -0.39 is 10.0 Å². The fourth-order valence-corrected chi connectivity index (χ4v) is 3.26. The zero-order chi connectivity index (χ0) is 12.8. The Labute approximate surface area is 105 Å². The molecule has 0 spiro atoms. The second-order valence-corrected chi connectivity index (χ2v) is 6.49. The van der Waals surface area contributed by atoms with E-state index >= 15 is 0 Å². The van der Waals surface area contributed by atoms with Gasteiger partial charge in [0, 0.05) is 29.3 Å². The molecule has 0 saturated heterocycles. The number of H-pyrrole nitrogens is 1. The average molecular weight is 265 g/mol. The van der Waals surface area contributed by atoms with Crippen LogP contribution in [0.5, 0.6) is 0 Å². The standard InChI is InChI=1S/C12H15N3O2S/c13-9-3-4-10-11(5-9)14-7-12(10)18(16,17)15-6-8-1-2-8/h3-5,7-8,14-15H,1-2,6,13H2. The maximum absolute atomic E-state index is 12.2. The van der Waals surface area contributed by atoms with Gasteiger partial charge in [0.05, 0.1) is 0 Å². The second kappa shape index (κ2) is 4.00. The first-order valence-corrected chi connectivity index (χ1v) is 7.41. The van der Waals surface area contributed by atoms with Gasteiger partial charge >= 0.3 is 0 Å². The Hall–Kier alpha value is -1.53. The van der Waals surface area contributed by atoms with Gasteiger partial charge in [-0.25, -0.2) is 13.1 Å². The van der Waals surface area contributed by atoms with E-state index in [1.807, 2.05) is 0 Å². The van der Waals surface area contributed by atoms with Crippen LogP contribution in [0, 0.1) is 5.92 Å². The number of anilines is 1. The van der Waals surface area contributed by atoms with Crippen LogP contribution in [0.15, 0.2) is 29.3 Å². The van der Waals surface area contributed by atoms with Gasteiger partial charge in [0.1, 0.15) is 4.90 Å². The Kier molecular flexibility index (Phi) is 2.57. The Morgan fingerprint density at radius 2 is 2.17 bits per heavy atom. The van der Waals surface area contributed by atoms with E-state index in [-0.39, 0.29) is 4.90 Å². The van der Waals surface area contributed by atoms with E-state index in [0.717, 1.165) is 18.4 Å². The third-order valence-corrected chi connectivity index (χ3v) is 4.68. The molecule has 1 aromatic carbocycles. The van der Waals surface area contributed by atoms with Gasteiger partial charge in [0.15, 0.2) is 0 Å². The molecule has 1 fully saturated rings. The molecule has 96 valence electrons. The van der Waals surface area contributed by atoms with Crippen molar-refractivity contribution in [3.05, 3.63) is 24.4 Å². The quantitative estimate of drug-likeness (QED) is 0.731. The summed E-state index contributed by atoms with van der Waals surface area (Å²) in [6.07, 6.45) is 3.75. The van der Waals surface area contributed by atoms with Crippen LogP contribution in [0.25, 0.3) is 10.9 Å². The summed E-state index contributed by atoms with van der Waals surface area (Å²) in [4.78, 5) is 3.23. The number of nitrogens with one attached hydrogen (secondary N) is 2. The van der Waals surface area contributed by atoms with Gasteiger partial charge in [-0.3, -0.25) is 0 Å². The summed E-state index contributed by atoms with van der Waals surface area (Å²) in [5.74, 6) is 0.514. The molecule has 1 heterocycles. The van der Waals surface area contributed by atoms with Crippen molar-refractivity contribution in [2.24, 2.45) is 5.92 Å². The van der Waals surface area contributed by atoms with Crippen LogP contribution in [0.2, 0.25) is 0 Å². The second-order valence-electron chi connectivity index (χ2n) is 4.75. The van der Waals surface area contributed by atoms with Crippen LogP contribution in [0.3, 0.4) is 0 Å². The first kappa shape index (κ1) is 11.6. The average Bonchev–Trinajstić information content (AvgIpc) is 3.05. The largest absolute Gasteiger partial charge is 0.399 e. The van der Waals surface area contributed by atoms with E-state index in [1.54, 1.807) is 18.2 Å². The molecule has 0 unspecified atom stereocenters. The molecule has 0 bridgehead atoms. The molecule has 5 nitrogen and oxygen atoms in total. The number of aromatic nitrogens is 1. The SMILES string of the molecule is Nc1ccc2c(S(=O)(=O)NCC3CC3)c[nH]c2c1. The minimum atomic E-state index is -3.43. The molecule has 1 aliphatic rings. The summed E-state index contributed by atoms with van der Waals surface area (Å²) in [7, 11) is -3.43. The van der Waals surface area contributed by atoms with Crippen LogP contribution in [0.1, 0.15) is 12.8 Å². The highest BCUT2D eigenvalue weighted by atomic mass is 32.2. The number of rotatable bonds is 4. The lowest BCUT2D eigenvalue weighted by molar-refractivity contribution is 0.578. The van der Waals surface area contributed by atoms with Crippen LogP contribution >= 0.6 is 0 Å². The maximum Gasteiger partial charge on any atom is 0.242 e. The number of fused-ring (bicyclic) bond motifs is 1. The highest BCUT2D eigenvalue weighted by molar-refractivity contribution is 7.89. The molecule has 2 aromatic rings. The Morgan fingerprint density at radius 1 is 1.39 bits per heavy atom. The number of aromatic amines is 1. The molecule has 1 aliphatic carbocycles. The van der Waals surface area contributed by atoms with E-state index in [9.17, 15) is 8.42 Å². The van der Waals surface area contributed by atoms with Gasteiger partial charge in [-0.2, -0.15) is 0 Å². The first-order valence-electron chi connectivity index (χ1n) is 5.92. The van der Waals surface area contributed by atoms with Crippen molar-refractivity contribution in [1.82, 2.24) is 9.71 Å². The predicted octanol–water partition coefficient (Wildman–Crippen LogP) is 1.44. The van der Waals surface area contributed by atoms with Crippen LogP contribution in [-0.2, 0) is 10.0 Å². The molecule has 0 aliphatic heterocycles. The Morgan fingerprint density at radius 3 is 2.89 bits per heavy atom. The number of hydrogen-bond donors (Lipinski definition) is 3. The summed E-state index contributed by atoms with van der Waals surface area (Å²) in [5, 5.41) is 0.674. The van der Waals surface area contributed by atoms with Crippen molar-refractivity contribution in [3.63, 3.8) is 0 Å². The third kappa shape index (κ3) is 2.09. The molecule has 0 amide bonds. The molecular formula is C12H15N3O2S. The molecule has 0 atom stereocenters. The summed E-state index contributed by atoms with van der Waals surface area (Å²) in [6, 6.07) is 5.16. The maximum atomic E-state index is 12.2. The smallest absolute Gasteiger partial charge is 0.242 e. The van der Waals surface area contributed by atoms with Gasteiger partial charge in [0.25, 0.3) is 0 Å². The molecule has 0 radical (unpaired) electrons. The summed E-state index contributed by atoms with van der Waals surface area (Å²) in [6.45, 7) is 0.532. The lowest BCUT2D eigenvalue weighted by atomic mass is 10.2. The fraction of sp³-hybridized carbons (Fsp3) is 0.333. The van der Waals surface area contributed by atoms with Gasteiger partial charge in [-0.05, 0) is 37.0 Å². The van der Waals surface area contributed by atoms with Crippen molar-refractivity contribution in [1.29, 1.82) is 0 Å². The Bertz CT molecular complexity index is 686. The van der Waals surface area contributed by atoms with Crippen LogP contribution < -0.4 is 10.5 Å². The zero-order valence-corrected chi connectivity index (χ0v) is 10.6. The van der Waals surface area contributed by atoms with Crippen molar-refractivity contribution in [2.45, 2.75) is 17.7 Å². The topological polar surface area (TPSA) is 88.0 Å². The monoisotopic (exact) mass is 265 g/mol. The van der Waals surface area contributed by atoms with Gasteiger partial charge < -0.3 is 10.7 Å². The molecule has 3 rings (SSSR count). The van der Waals surface area contributed by atoms with E-state index in [1.165, 1.54) is 6.20 Å². The molecule has 4 N–H and O–H groups in total. The summed E-state index contributed by atoms with van der Waals surface area (Å²) < 4.78 is 27.0. The van der Waals surface area contributed by atoms with E-state index in [4.69, 9.17) is 5.73 Å². The lowest BCUT2D eigenvalue weighted by Crippen LogP contribution is -2.25. The van der Waals surface area contributed by atoms with Crippen molar-refractivity contribution < 1.29 is 8.42 Å². The molecule has 1 saturated carbocycles. The summed E-state index contributed by atoms with van der Waals surface area (Å²) in [5.41, 5.74) is 7.01. The Balaban J connectivity index is 1.97. The fourth-order valence-electron chi connectivity index (χ4n) is 1.97. The van der Waals surface area contributed by atoms with Gasteiger partial charge in [-0.1, -0.05) is 0 Å². The van der Waals surface area contributed by atoms with Gasteiger partial charge in [0.2, 0.25) is 10.0 Å². The van der Waals surface area contributed by atoms with Crippen LogP contribution in [0.4, 0.5) is 5.69 Å². The number of hydrogen-bond acceptors (Lipinski definition) is 3. The number of benzene rings is 1. The molecule has 6 heteroatoms. The first-order chi connectivity index (χ1) is 8.56. The third-order valence-electron chi connectivity index (χ3n) is 3.22. The highest BCUT2D eigenvalue weighted by Crippen LogP contribution is 2.29. The predicted molar refractivity (Wildman–Crippen MR) is 70.6 cm³/mol. The molecule has 1 aromatic heterocycles. The zero-order valence-electron chi connectivity index (χ0n) is 9.81. The minimum Gasteiger partial charge on any atom is -0.399 e.